The molecule has 0 spiro atoms. The molecular weight excluding hydrogens is 268 g/mol. The van der Waals surface area contributed by atoms with Gasteiger partial charge in [-0.05, 0) is 31.5 Å². The Morgan fingerprint density at radius 1 is 1.10 bits per heavy atom. The lowest BCUT2D eigenvalue weighted by Gasteiger charge is -2.36. The molecule has 5 N–H and O–H groups in total. The van der Waals surface area contributed by atoms with Crippen molar-refractivity contribution in [3.05, 3.63) is 35.9 Å². The Bertz CT molecular complexity index is 484. The first-order valence-corrected chi connectivity index (χ1v) is 7.23. The molecule has 0 bridgehead atoms. The molecule has 1 saturated heterocycles. The largest absolute Gasteiger partial charge is 0.354 e. The lowest BCUT2D eigenvalue weighted by Crippen LogP contribution is -2.51. The molecule has 0 radical (unpaired) electrons. The summed E-state index contributed by atoms with van der Waals surface area (Å²) in [6, 6.07) is 9.30. The van der Waals surface area contributed by atoms with Crippen molar-refractivity contribution in [1.82, 2.24) is 16.0 Å². The molecule has 0 unspecified atom stereocenters. The van der Waals surface area contributed by atoms with E-state index in [1.807, 2.05) is 30.3 Å². The fourth-order valence-corrected chi connectivity index (χ4v) is 2.79. The number of hydrogen-bond acceptors (Lipinski definition) is 3. The molecule has 1 fully saturated rings. The summed E-state index contributed by atoms with van der Waals surface area (Å²) >= 11 is 0. The predicted molar refractivity (Wildman–Crippen MR) is 80.8 cm³/mol. The number of urea groups is 1. The lowest BCUT2D eigenvalue weighted by molar-refractivity contribution is -0.127. The van der Waals surface area contributed by atoms with Gasteiger partial charge < -0.3 is 21.7 Å². The standard InChI is InChI=1S/C15H22N4O2/c16-14(21)19-11-10-18-13(20)15(6-8-17-9-7-15)12-4-2-1-3-5-12/h1-5,17H,6-11H2,(H,18,20)(H3,16,19,21). The second kappa shape index (κ2) is 7.08. The molecule has 0 saturated carbocycles. The van der Waals surface area contributed by atoms with Gasteiger partial charge in [-0.2, -0.15) is 0 Å². The number of piperidine rings is 1. The number of nitrogens with one attached hydrogen (secondary N) is 3. The molecule has 2 rings (SSSR count). The summed E-state index contributed by atoms with van der Waals surface area (Å²) in [5.74, 6) is 0.0153. The van der Waals surface area contributed by atoms with E-state index in [-0.39, 0.29) is 5.91 Å². The van der Waals surface area contributed by atoms with E-state index in [9.17, 15) is 9.59 Å². The molecule has 0 aromatic heterocycles. The van der Waals surface area contributed by atoms with Crippen LogP contribution in [0.3, 0.4) is 0 Å². The molecule has 1 aliphatic heterocycles. The monoisotopic (exact) mass is 290 g/mol. The van der Waals surface area contributed by atoms with Crippen LogP contribution >= 0.6 is 0 Å². The van der Waals surface area contributed by atoms with Gasteiger partial charge in [-0.25, -0.2) is 4.79 Å². The zero-order valence-electron chi connectivity index (χ0n) is 12.0. The second-order valence-corrected chi connectivity index (χ2v) is 5.25. The predicted octanol–water partition coefficient (Wildman–Crippen LogP) is 0.0923. The number of rotatable bonds is 5. The van der Waals surface area contributed by atoms with Gasteiger partial charge in [-0.15, -0.1) is 0 Å². The molecule has 0 aliphatic carbocycles. The minimum Gasteiger partial charge on any atom is -0.354 e. The Morgan fingerprint density at radius 3 is 2.33 bits per heavy atom. The summed E-state index contributed by atoms with van der Waals surface area (Å²) in [4.78, 5) is 23.3. The quantitative estimate of drug-likeness (QED) is 0.579. The Morgan fingerprint density at radius 2 is 1.71 bits per heavy atom. The van der Waals surface area contributed by atoms with Gasteiger partial charge in [-0.1, -0.05) is 30.3 Å². The van der Waals surface area contributed by atoms with Crippen molar-refractivity contribution in [2.24, 2.45) is 5.73 Å². The number of carbonyl (C=O) groups excluding carboxylic acids is 2. The summed E-state index contributed by atoms with van der Waals surface area (Å²) in [7, 11) is 0. The van der Waals surface area contributed by atoms with Crippen LogP contribution in [0.25, 0.3) is 0 Å². The Hall–Kier alpha value is -2.08. The highest BCUT2D eigenvalue weighted by Gasteiger charge is 2.40. The number of benzene rings is 1. The number of amides is 3. The molecule has 0 atom stereocenters. The molecule has 1 aliphatic rings. The van der Waals surface area contributed by atoms with Gasteiger partial charge in [0.2, 0.25) is 5.91 Å². The first-order chi connectivity index (χ1) is 10.1. The van der Waals surface area contributed by atoms with Crippen molar-refractivity contribution in [2.75, 3.05) is 26.2 Å². The average Bonchev–Trinajstić information content (AvgIpc) is 2.52. The van der Waals surface area contributed by atoms with Crippen LogP contribution in [0.4, 0.5) is 4.79 Å². The number of hydrogen-bond donors (Lipinski definition) is 4. The van der Waals surface area contributed by atoms with E-state index in [4.69, 9.17) is 5.73 Å². The highest BCUT2D eigenvalue weighted by Crippen LogP contribution is 2.33. The van der Waals surface area contributed by atoms with Crippen molar-refractivity contribution in [2.45, 2.75) is 18.3 Å². The summed E-state index contributed by atoms with van der Waals surface area (Å²) in [6.07, 6.45) is 1.54. The maximum Gasteiger partial charge on any atom is 0.312 e. The molecule has 1 aromatic carbocycles. The zero-order valence-corrected chi connectivity index (χ0v) is 12.0. The lowest BCUT2D eigenvalue weighted by atomic mass is 9.72. The molecule has 21 heavy (non-hydrogen) atoms. The SMILES string of the molecule is NC(=O)NCCNC(=O)C1(c2ccccc2)CCNCC1. The fraction of sp³-hybridized carbons (Fsp3) is 0.467. The Labute approximate surface area is 124 Å². The summed E-state index contributed by atoms with van der Waals surface area (Å²) in [5.41, 5.74) is 5.56. The third-order valence-electron chi connectivity index (χ3n) is 3.93. The molecule has 1 aromatic rings. The van der Waals surface area contributed by atoms with Crippen molar-refractivity contribution in [1.29, 1.82) is 0 Å². The molecule has 3 amide bonds. The van der Waals surface area contributed by atoms with Crippen molar-refractivity contribution < 1.29 is 9.59 Å². The third kappa shape index (κ3) is 3.72. The van der Waals surface area contributed by atoms with Gasteiger partial charge >= 0.3 is 6.03 Å². The van der Waals surface area contributed by atoms with Crippen LogP contribution in [0.2, 0.25) is 0 Å². The highest BCUT2D eigenvalue weighted by atomic mass is 16.2. The third-order valence-corrected chi connectivity index (χ3v) is 3.93. The van der Waals surface area contributed by atoms with Crippen molar-refractivity contribution in [3.63, 3.8) is 0 Å². The van der Waals surface area contributed by atoms with E-state index in [2.05, 4.69) is 16.0 Å². The molecule has 114 valence electrons. The maximum absolute atomic E-state index is 12.7. The van der Waals surface area contributed by atoms with Gasteiger partial charge in [0, 0.05) is 13.1 Å². The maximum atomic E-state index is 12.7. The van der Waals surface area contributed by atoms with Crippen LogP contribution < -0.4 is 21.7 Å². The Kier molecular flexibility index (Phi) is 5.16. The summed E-state index contributed by atoms with van der Waals surface area (Å²) in [6.45, 7) is 2.36. The number of nitrogens with two attached hydrogens (primary N) is 1. The van der Waals surface area contributed by atoms with Crippen LogP contribution in [0.15, 0.2) is 30.3 Å². The van der Waals surface area contributed by atoms with Gasteiger partial charge in [0.05, 0.1) is 5.41 Å². The van der Waals surface area contributed by atoms with Gasteiger partial charge in [0.15, 0.2) is 0 Å². The topological polar surface area (TPSA) is 96.2 Å². The highest BCUT2D eigenvalue weighted by molar-refractivity contribution is 5.88. The van der Waals surface area contributed by atoms with Gasteiger partial charge in [0.25, 0.3) is 0 Å². The van der Waals surface area contributed by atoms with E-state index < -0.39 is 11.4 Å². The second-order valence-electron chi connectivity index (χ2n) is 5.25. The first kappa shape index (κ1) is 15.3. The van der Waals surface area contributed by atoms with Crippen LogP contribution in [0, 0.1) is 0 Å². The van der Waals surface area contributed by atoms with E-state index in [1.54, 1.807) is 0 Å². The van der Waals surface area contributed by atoms with E-state index in [0.717, 1.165) is 31.5 Å². The van der Waals surface area contributed by atoms with Gasteiger partial charge in [-0.3, -0.25) is 4.79 Å². The minimum atomic E-state index is -0.580. The minimum absolute atomic E-state index is 0.0153. The zero-order chi connectivity index (χ0) is 15.1. The molecule has 6 nitrogen and oxygen atoms in total. The smallest absolute Gasteiger partial charge is 0.312 e. The first-order valence-electron chi connectivity index (χ1n) is 7.23. The summed E-state index contributed by atoms with van der Waals surface area (Å²) in [5, 5.41) is 8.67. The van der Waals surface area contributed by atoms with E-state index in [1.165, 1.54) is 0 Å². The number of primary amides is 1. The fourth-order valence-electron chi connectivity index (χ4n) is 2.79. The van der Waals surface area contributed by atoms with Crippen LogP contribution in [-0.4, -0.2) is 38.1 Å². The Balaban J connectivity index is 2.05. The van der Waals surface area contributed by atoms with Crippen LogP contribution in [0.5, 0.6) is 0 Å². The number of carbonyl (C=O) groups is 2. The van der Waals surface area contributed by atoms with E-state index >= 15 is 0 Å². The van der Waals surface area contributed by atoms with Gasteiger partial charge in [0.1, 0.15) is 0 Å². The average molecular weight is 290 g/mol. The van der Waals surface area contributed by atoms with E-state index in [0.29, 0.717) is 13.1 Å². The normalized spacial score (nSPS) is 17.0. The van der Waals surface area contributed by atoms with Crippen molar-refractivity contribution >= 4 is 11.9 Å². The van der Waals surface area contributed by atoms with Crippen LogP contribution in [-0.2, 0) is 10.2 Å². The molecule has 1 heterocycles. The van der Waals surface area contributed by atoms with Crippen LogP contribution in [0.1, 0.15) is 18.4 Å². The molecule has 6 heteroatoms. The molecular formula is C15H22N4O2. The summed E-state index contributed by atoms with van der Waals surface area (Å²) < 4.78 is 0. The van der Waals surface area contributed by atoms with Crippen molar-refractivity contribution in [3.8, 4) is 0 Å².